The maximum absolute atomic E-state index is 12.5. The van der Waals surface area contributed by atoms with Crippen molar-refractivity contribution >= 4 is 10.9 Å². The normalized spacial score (nSPS) is 11.0. The molecule has 0 N–H and O–H groups in total. The lowest BCUT2D eigenvalue weighted by Gasteiger charge is -2.13. The molecule has 25 heavy (non-hydrogen) atoms. The molecule has 0 spiro atoms. The van der Waals surface area contributed by atoms with Gasteiger partial charge in [0, 0.05) is 43.0 Å². The molecule has 0 saturated carbocycles. The highest BCUT2D eigenvalue weighted by Crippen LogP contribution is 2.36. The van der Waals surface area contributed by atoms with Gasteiger partial charge in [-0.25, -0.2) is 0 Å². The molecule has 2 aromatic heterocycles. The van der Waals surface area contributed by atoms with Crippen LogP contribution in [0.15, 0.2) is 77.9 Å². The minimum Gasteiger partial charge on any atom is -0.457 e. The Morgan fingerprint density at radius 3 is 2.32 bits per heavy atom. The summed E-state index contributed by atoms with van der Waals surface area (Å²) in [5, 5.41) is 0.926. The number of ether oxygens (including phenoxy) is 1. The van der Waals surface area contributed by atoms with E-state index in [2.05, 4.69) is 0 Å². The fourth-order valence-electron chi connectivity index (χ4n) is 3.11. The fourth-order valence-corrected chi connectivity index (χ4v) is 3.11. The summed E-state index contributed by atoms with van der Waals surface area (Å²) in [6, 6.07) is 19.6. The predicted molar refractivity (Wildman–Crippen MR) is 100 cm³/mol. The van der Waals surface area contributed by atoms with Gasteiger partial charge in [0.15, 0.2) is 0 Å². The smallest absolute Gasteiger partial charge is 0.274 e. The molecule has 4 rings (SSSR count). The van der Waals surface area contributed by atoms with Crippen molar-refractivity contribution in [3.8, 4) is 22.6 Å². The van der Waals surface area contributed by atoms with Gasteiger partial charge in [0.05, 0.1) is 0 Å². The van der Waals surface area contributed by atoms with Gasteiger partial charge in [0.1, 0.15) is 17.0 Å². The molecule has 2 aromatic carbocycles. The Bertz CT molecular complexity index is 1110. The molecular formula is C21H18N2O2. The number of fused-ring (bicyclic) bond motifs is 1. The highest BCUT2D eigenvalue weighted by Gasteiger charge is 2.15. The van der Waals surface area contributed by atoms with Crippen LogP contribution < -0.4 is 10.3 Å². The summed E-state index contributed by atoms with van der Waals surface area (Å²) in [7, 11) is 3.67. The molecule has 0 fully saturated rings. The first kappa shape index (κ1) is 15.3. The van der Waals surface area contributed by atoms with E-state index in [4.69, 9.17) is 4.74 Å². The van der Waals surface area contributed by atoms with Crippen LogP contribution in [0.4, 0.5) is 0 Å². The zero-order valence-electron chi connectivity index (χ0n) is 14.1. The van der Waals surface area contributed by atoms with Gasteiger partial charge >= 0.3 is 0 Å². The van der Waals surface area contributed by atoms with Crippen LogP contribution in [0, 0.1) is 0 Å². The Labute approximate surface area is 145 Å². The average molecular weight is 330 g/mol. The van der Waals surface area contributed by atoms with Crippen molar-refractivity contribution in [3.63, 3.8) is 0 Å². The third-order valence-electron chi connectivity index (χ3n) is 4.36. The molecule has 0 amide bonds. The highest BCUT2D eigenvalue weighted by molar-refractivity contribution is 5.96. The van der Waals surface area contributed by atoms with Gasteiger partial charge in [-0.3, -0.25) is 4.79 Å². The van der Waals surface area contributed by atoms with E-state index in [1.54, 1.807) is 11.6 Å². The SMILES string of the molecule is Cn1cc(-c2ccccc2Oc2ccccc2)c2ccn(C)c2c1=O. The number of rotatable bonds is 3. The molecular weight excluding hydrogens is 312 g/mol. The third kappa shape index (κ3) is 2.62. The number of aromatic nitrogens is 2. The molecule has 0 saturated heterocycles. The monoisotopic (exact) mass is 330 g/mol. The zero-order valence-corrected chi connectivity index (χ0v) is 14.1. The Morgan fingerprint density at radius 2 is 1.52 bits per heavy atom. The minimum atomic E-state index is -0.00675. The highest BCUT2D eigenvalue weighted by atomic mass is 16.5. The summed E-state index contributed by atoms with van der Waals surface area (Å²) in [6.45, 7) is 0. The van der Waals surface area contributed by atoms with Crippen molar-refractivity contribution in [1.82, 2.24) is 9.13 Å². The minimum absolute atomic E-state index is 0.00675. The fraction of sp³-hybridized carbons (Fsp3) is 0.0952. The van der Waals surface area contributed by atoms with Gasteiger partial charge in [-0.15, -0.1) is 0 Å². The third-order valence-corrected chi connectivity index (χ3v) is 4.36. The molecule has 4 nitrogen and oxygen atoms in total. The quantitative estimate of drug-likeness (QED) is 0.560. The predicted octanol–water partition coefficient (Wildman–Crippen LogP) is 4.34. The number of benzene rings is 2. The van der Waals surface area contributed by atoms with Crippen LogP contribution in [0.1, 0.15) is 0 Å². The van der Waals surface area contributed by atoms with E-state index < -0.39 is 0 Å². The lowest BCUT2D eigenvalue weighted by atomic mass is 10.0. The maximum Gasteiger partial charge on any atom is 0.274 e. The Kier molecular flexibility index (Phi) is 3.65. The van der Waals surface area contributed by atoms with Gasteiger partial charge < -0.3 is 13.9 Å². The van der Waals surface area contributed by atoms with Crippen molar-refractivity contribution in [2.75, 3.05) is 0 Å². The lowest BCUT2D eigenvalue weighted by molar-refractivity contribution is 0.484. The molecule has 124 valence electrons. The maximum atomic E-state index is 12.5. The number of nitrogens with zero attached hydrogens (tertiary/aromatic N) is 2. The molecule has 4 aromatic rings. The average Bonchev–Trinajstić information content (AvgIpc) is 3.02. The molecule has 0 radical (unpaired) electrons. The number of hydrogen-bond acceptors (Lipinski definition) is 2. The largest absolute Gasteiger partial charge is 0.457 e. The lowest BCUT2D eigenvalue weighted by Crippen LogP contribution is -2.18. The topological polar surface area (TPSA) is 36.2 Å². The van der Waals surface area contributed by atoms with Gasteiger partial charge in [0.25, 0.3) is 5.56 Å². The molecule has 0 unspecified atom stereocenters. The van der Waals surface area contributed by atoms with Crippen LogP contribution in [0.2, 0.25) is 0 Å². The molecule has 2 heterocycles. The van der Waals surface area contributed by atoms with Crippen molar-refractivity contribution in [2.24, 2.45) is 14.1 Å². The van der Waals surface area contributed by atoms with E-state index in [1.165, 1.54) is 0 Å². The summed E-state index contributed by atoms with van der Waals surface area (Å²) >= 11 is 0. The summed E-state index contributed by atoms with van der Waals surface area (Å²) in [6.07, 6.45) is 3.79. The van der Waals surface area contributed by atoms with Crippen molar-refractivity contribution in [1.29, 1.82) is 0 Å². The first-order chi connectivity index (χ1) is 12.1. The van der Waals surface area contributed by atoms with E-state index in [-0.39, 0.29) is 5.56 Å². The second-order valence-electron chi connectivity index (χ2n) is 6.06. The van der Waals surface area contributed by atoms with Crippen molar-refractivity contribution < 1.29 is 4.74 Å². The first-order valence-corrected chi connectivity index (χ1v) is 8.12. The van der Waals surface area contributed by atoms with Gasteiger partial charge in [0.2, 0.25) is 0 Å². The van der Waals surface area contributed by atoms with E-state index in [0.717, 1.165) is 28.0 Å². The second kappa shape index (κ2) is 5.98. The van der Waals surface area contributed by atoms with Gasteiger partial charge in [-0.05, 0) is 24.3 Å². The number of hydrogen-bond donors (Lipinski definition) is 0. The van der Waals surface area contributed by atoms with Crippen LogP contribution >= 0.6 is 0 Å². The zero-order chi connectivity index (χ0) is 17.4. The standard InChI is InChI=1S/C21H18N2O2/c1-22-13-12-17-18(14-23(2)21(24)20(17)22)16-10-6-7-11-19(16)25-15-8-4-3-5-9-15/h3-14H,1-2H3. The molecule has 0 bridgehead atoms. The molecule has 0 aliphatic rings. The number of aryl methyl sites for hydroxylation is 2. The van der Waals surface area contributed by atoms with Crippen LogP contribution in [0.3, 0.4) is 0 Å². The van der Waals surface area contributed by atoms with Crippen molar-refractivity contribution in [3.05, 3.63) is 83.4 Å². The Hall–Kier alpha value is -3.27. The van der Waals surface area contributed by atoms with Crippen LogP contribution in [0.25, 0.3) is 22.0 Å². The van der Waals surface area contributed by atoms with E-state index in [9.17, 15) is 4.79 Å². The number of pyridine rings is 1. The van der Waals surface area contributed by atoms with E-state index in [1.807, 2.05) is 84.7 Å². The number of para-hydroxylation sites is 2. The summed E-state index contributed by atoms with van der Waals surface area (Å²) in [4.78, 5) is 12.5. The van der Waals surface area contributed by atoms with E-state index >= 15 is 0 Å². The van der Waals surface area contributed by atoms with Crippen LogP contribution in [0.5, 0.6) is 11.5 Å². The van der Waals surface area contributed by atoms with Crippen LogP contribution in [-0.2, 0) is 14.1 Å². The van der Waals surface area contributed by atoms with Crippen LogP contribution in [-0.4, -0.2) is 9.13 Å². The second-order valence-corrected chi connectivity index (χ2v) is 6.06. The van der Waals surface area contributed by atoms with Crippen molar-refractivity contribution in [2.45, 2.75) is 0 Å². The molecule has 0 aliphatic carbocycles. The van der Waals surface area contributed by atoms with E-state index in [0.29, 0.717) is 5.52 Å². The summed E-state index contributed by atoms with van der Waals surface area (Å²) in [5.74, 6) is 1.54. The van der Waals surface area contributed by atoms with Gasteiger partial charge in [-0.1, -0.05) is 36.4 Å². The Balaban J connectivity index is 1.93. The van der Waals surface area contributed by atoms with Gasteiger partial charge in [-0.2, -0.15) is 0 Å². The molecule has 0 atom stereocenters. The molecule has 0 aliphatic heterocycles. The summed E-state index contributed by atoms with van der Waals surface area (Å²) < 4.78 is 9.58. The first-order valence-electron chi connectivity index (χ1n) is 8.12. The Morgan fingerprint density at radius 1 is 0.800 bits per heavy atom. The molecule has 4 heteroatoms. The summed E-state index contributed by atoms with van der Waals surface area (Å²) in [5.41, 5.74) is 2.62.